The van der Waals surface area contributed by atoms with Crippen molar-refractivity contribution in [2.24, 2.45) is 5.92 Å². The number of ether oxygens (including phenoxy) is 1. The van der Waals surface area contributed by atoms with Crippen molar-refractivity contribution in [2.75, 3.05) is 6.54 Å². The van der Waals surface area contributed by atoms with E-state index in [0.717, 1.165) is 11.1 Å². The summed E-state index contributed by atoms with van der Waals surface area (Å²) in [5.74, 6) is 0.751. The van der Waals surface area contributed by atoms with Crippen LogP contribution >= 0.6 is 0 Å². The molecular formula is C18H19F2N5O2. The summed E-state index contributed by atoms with van der Waals surface area (Å²) in [4.78, 5) is 11.5. The van der Waals surface area contributed by atoms with Crippen molar-refractivity contribution in [3.05, 3.63) is 36.9 Å². The van der Waals surface area contributed by atoms with Crippen molar-refractivity contribution in [3.8, 4) is 16.9 Å². The van der Waals surface area contributed by atoms with Crippen LogP contribution < -0.4 is 10.1 Å². The van der Waals surface area contributed by atoms with Gasteiger partial charge < -0.3 is 10.1 Å². The molecule has 1 unspecified atom stereocenters. The van der Waals surface area contributed by atoms with Gasteiger partial charge in [0.05, 0.1) is 12.4 Å². The van der Waals surface area contributed by atoms with Gasteiger partial charge in [-0.3, -0.25) is 9.48 Å². The molecule has 0 spiro atoms. The summed E-state index contributed by atoms with van der Waals surface area (Å²) in [6.45, 7) is 2.08. The van der Waals surface area contributed by atoms with Crippen LogP contribution in [0.5, 0.6) is 5.75 Å². The second-order valence-electron chi connectivity index (χ2n) is 6.69. The predicted molar refractivity (Wildman–Crippen MR) is 93.6 cm³/mol. The minimum Gasteiger partial charge on any atom is -0.488 e. The number of aromatic nitrogens is 4. The molecule has 1 aliphatic rings. The van der Waals surface area contributed by atoms with Gasteiger partial charge in [-0.2, -0.15) is 10.2 Å². The topological polar surface area (TPSA) is 73.5 Å². The maximum Gasteiger partial charge on any atom is 0.257 e. The van der Waals surface area contributed by atoms with Crippen molar-refractivity contribution in [1.29, 1.82) is 0 Å². The van der Waals surface area contributed by atoms with Crippen molar-refractivity contribution >= 4 is 11.4 Å². The third kappa shape index (κ3) is 3.62. The van der Waals surface area contributed by atoms with E-state index in [-0.39, 0.29) is 17.9 Å². The summed E-state index contributed by atoms with van der Waals surface area (Å²) in [7, 11) is 0. The van der Waals surface area contributed by atoms with Gasteiger partial charge >= 0.3 is 0 Å². The van der Waals surface area contributed by atoms with Crippen molar-refractivity contribution in [3.63, 3.8) is 0 Å². The Morgan fingerprint density at radius 2 is 2.19 bits per heavy atom. The molecule has 1 N–H and O–H groups in total. The van der Waals surface area contributed by atoms with Crippen molar-refractivity contribution in [1.82, 2.24) is 24.7 Å². The van der Waals surface area contributed by atoms with Crippen LogP contribution in [-0.4, -0.2) is 44.4 Å². The number of halogens is 2. The molecule has 0 bridgehead atoms. The Hall–Kier alpha value is -2.97. The third-order valence-electron chi connectivity index (χ3n) is 4.75. The first kappa shape index (κ1) is 17.4. The molecule has 1 amide bonds. The number of rotatable bonds is 6. The summed E-state index contributed by atoms with van der Waals surface area (Å²) in [6.07, 6.45) is 4.39. The monoisotopic (exact) mass is 375 g/mol. The quantitative estimate of drug-likeness (QED) is 0.718. The zero-order valence-electron chi connectivity index (χ0n) is 14.7. The van der Waals surface area contributed by atoms with Gasteiger partial charge in [-0.15, -0.1) is 0 Å². The zero-order chi connectivity index (χ0) is 19.0. The van der Waals surface area contributed by atoms with Crippen molar-refractivity contribution < 1.29 is 18.3 Å². The molecule has 1 aliphatic heterocycles. The Morgan fingerprint density at radius 3 is 2.93 bits per heavy atom. The number of amides is 1. The highest BCUT2D eigenvalue weighted by Crippen LogP contribution is 2.30. The van der Waals surface area contributed by atoms with Gasteiger partial charge in [0.15, 0.2) is 0 Å². The fourth-order valence-electron chi connectivity index (χ4n) is 3.26. The van der Waals surface area contributed by atoms with E-state index in [9.17, 15) is 13.6 Å². The first-order valence-corrected chi connectivity index (χ1v) is 8.71. The largest absolute Gasteiger partial charge is 0.488 e. The van der Waals surface area contributed by atoms with Gasteiger partial charge in [-0.25, -0.2) is 13.3 Å². The molecule has 0 radical (unpaired) electrons. The van der Waals surface area contributed by atoms with Gasteiger partial charge in [0, 0.05) is 42.4 Å². The molecule has 3 aromatic heterocycles. The Kier molecular flexibility index (Phi) is 4.51. The first-order valence-electron chi connectivity index (χ1n) is 8.71. The average Bonchev–Trinajstić information content (AvgIpc) is 3.34. The lowest BCUT2D eigenvalue weighted by Gasteiger charge is -2.20. The third-order valence-corrected chi connectivity index (χ3v) is 4.75. The molecule has 142 valence electrons. The second-order valence-corrected chi connectivity index (χ2v) is 6.69. The number of hydrogen-bond donors (Lipinski definition) is 1. The highest BCUT2D eigenvalue weighted by molar-refractivity contribution is 5.78. The number of nitrogens with zero attached hydrogens (tertiary/aromatic N) is 4. The zero-order valence-corrected chi connectivity index (χ0v) is 14.7. The lowest BCUT2D eigenvalue weighted by molar-refractivity contribution is -0.119. The van der Waals surface area contributed by atoms with Gasteiger partial charge in [0.25, 0.3) is 6.43 Å². The first-order chi connectivity index (χ1) is 13.0. The highest BCUT2D eigenvalue weighted by Gasteiger charge is 2.28. The van der Waals surface area contributed by atoms with Gasteiger partial charge in [-0.1, -0.05) is 0 Å². The maximum absolute atomic E-state index is 12.6. The maximum atomic E-state index is 12.6. The van der Waals surface area contributed by atoms with Gasteiger partial charge in [0.2, 0.25) is 5.91 Å². The van der Waals surface area contributed by atoms with E-state index in [1.54, 1.807) is 29.3 Å². The van der Waals surface area contributed by atoms with E-state index >= 15 is 0 Å². The molecule has 1 saturated heterocycles. The van der Waals surface area contributed by atoms with Crippen LogP contribution in [0.15, 0.2) is 36.9 Å². The molecule has 27 heavy (non-hydrogen) atoms. The molecular weight excluding hydrogens is 356 g/mol. The van der Waals surface area contributed by atoms with Crippen LogP contribution in [0.4, 0.5) is 8.78 Å². The van der Waals surface area contributed by atoms with E-state index in [2.05, 4.69) is 15.5 Å². The fourth-order valence-corrected chi connectivity index (χ4v) is 3.26. The van der Waals surface area contributed by atoms with Crippen LogP contribution in [0.25, 0.3) is 16.6 Å². The van der Waals surface area contributed by atoms with E-state index < -0.39 is 13.0 Å². The van der Waals surface area contributed by atoms with E-state index in [4.69, 9.17) is 4.74 Å². The Balaban J connectivity index is 1.63. The van der Waals surface area contributed by atoms with E-state index in [1.165, 1.54) is 4.68 Å². The summed E-state index contributed by atoms with van der Waals surface area (Å²) in [5.41, 5.74) is 2.25. The molecule has 0 aromatic carbocycles. The number of nitrogens with one attached hydrogen (secondary N) is 1. The van der Waals surface area contributed by atoms with E-state index in [0.29, 0.717) is 24.3 Å². The Morgan fingerprint density at radius 1 is 1.33 bits per heavy atom. The molecule has 0 aliphatic carbocycles. The average molecular weight is 375 g/mol. The fraction of sp³-hybridized carbons (Fsp3) is 0.389. The lowest BCUT2D eigenvalue weighted by Crippen LogP contribution is -2.25. The highest BCUT2D eigenvalue weighted by atomic mass is 19.3. The molecule has 1 fully saturated rings. The lowest BCUT2D eigenvalue weighted by atomic mass is 10.0. The standard InChI is InChI=1S/C18H19F2N5O2/c1-11(12-5-18(26)21-6-12)27-16-4-13(9-25-15(16)2-3-22-25)14-7-23-24(8-14)10-17(19)20/h2-4,7-9,11-12,17H,5-6,10H2,1H3,(H,21,26)/t11-,12?/m1/s1. The number of carbonyl (C=O) groups excluding carboxylic acids is 1. The van der Waals surface area contributed by atoms with Crippen LogP contribution in [0, 0.1) is 5.92 Å². The number of hydrogen-bond acceptors (Lipinski definition) is 4. The van der Waals surface area contributed by atoms with Crippen LogP contribution in [0.1, 0.15) is 13.3 Å². The second kappa shape index (κ2) is 6.98. The summed E-state index contributed by atoms with van der Waals surface area (Å²) < 4.78 is 34.2. The molecule has 2 atom stereocenters. The normalized spacial score (nSPS) is 18.2. The minimum absolute atomic E-state index is 0.0325. The van der Waals surface area contributed by atoms with Crippen LogP contribution in [-0.2, 0) is 11.3 Å². The molecule has 4 heterocycles. The number of pyridine rings is 1. The van der Waals surface area contributed by atoms with Gasteiger partial charge in [-0.05, 0) is 19.1 Å². The minimum atomic E-state index is -2.46. The molecule has 7 nitrogen and oxygen atoms in total. The Bertz CT molecular complexity index is 968. The molecule has 0 saturated carbocycles. The van der Waals surface area contributed by atoms with Crippen LogP contribution in [0.2, 0.25) is 0 Å². The Labute approximate surface area is 153 Å². The number of carbonyl (C=O) groups is 1. The van der Waals surface area contributed by atoms with E-state index in [1.807, 2.05) is 19.1 Å². The SMILES string of the molecule is C[C@@H](Oc1cc(-c2cnn(CC(F)F)c2)cn2nccc12)C1CNC(=O)C1. The van der Waals surface area contributed by atoms with Crippen molar-refractivity contribution in [2.45, 2.75) is 32.4 Å². The molecule has 9 heteroatoms. The molecule has 4 rings (SSSR count). The number of alkyl halides is 2. The predicted octanol–water partition coefficient (Wildman–Crippen LogP) is 2.37. The summed E-state index contributed by atoms with van der Waals surface area (Å²) >= 11 is 0. The summed E-state index contributed by atoms with van der Waals surface area (Å²) in [5, 5.41) is 11.1. The molecule has 3 aromatic rings. The number of fused-ring (bicyclic) bond motifs is 1. The summed E-state index contributed by atoms with van der Waals surface area (Å²) in [6, 6.07) is 3.69. The smallest absolute Gasteiger partial charge is 0.257 e. The van der Waals surface area contributed by atoms with Crippen LogP contribution in [0.3, 0.4) is 0 Å². The van der Waals surface area contributed by atoms with Gasteiger partial charge in [0.1, 0.15) is 23.9 Å².